The van der Waals surface area contributed by atoms with Gasteiger partial charge in [-0.1, -0.05) is 29.8 Å². The van der Waals surface area contributed by atoms with Gasteiger partial charge in [0.2, 0.25) is 5.91 Å². The lowest BCUT2D eigenvalue weighted by Gasteiger charge is -2.06. The van der Waals surface area contributed by atoms with E-state index in [9.17, 15) is 9.59 Å². The highest BCUT2D eigenvalue weighted by Crippen LogP contribution is 2.06. The summed E-state index contributed by atoms with van der Waals surface area (Å²) in [5.41, 5.74) is 8.24. The van der Waals surface area contributed by atoms with Gasteiger partial charge in [-0.3, -0.25) is 9.59 Å². The number of benzene rings is 2. The van der Waals surface area contributed by atoms with Crippen LogP contribution in [0.5, 0.6) is 0 Å². The summed E-state index contributed by atoms with van der Waals surface area (Å²) in [7, 11) is 0. The Balaban J connectivity index is 1.99. The zero-order valence-electron chi connectivity index (χ0n) is 11.2. The summed E-state index contributed by atoms with van der Waals surface area (Å²) in [4.78, 5) is 22.9. The number of hydrogen-bond donors (Lipinski definition) is 2. The predicted molar refractivity (Wildman–Crippen MR) is 77.3 cm³/mol. The van der Waals surface area contributed by atoms with E-state index in [0.717, 1.165) is 11.1 Å². The highest BCUT2D eigenvalue weighted by molar-refractivity contribution is 5.97. The number of amides is 2. The molecule has 0 aromatic heterocycles. The third-order valence-corrected chi connectivity index (χ3v) is 2.97. The molecule has 0 aliphatic heterocycles. The summed E-state index contributed by atoms with van der Waals surface area (Å²) in [6.07, 6.45) is 0. The van der Waals surface area contributed by atoms with Crippen LogP contribution in [0, 0.1) is 6.92 Å². The van der Waals surface area contributed by atoms with Crippen molar-refractivity contribution in [2.24, 2.45) is 5.73 Å². The second-order valence-corrected chi connectivity index (χ2v) is 4.61. The van der Waals surface area contributed by atoms with Crippen LogP contribution in [0.15, 0.2) is 48.5 Å². The zero-order chi connectivity index (χ0) is 14.5. The lowest BCUT2D eigenvalue weighted by molar-refractivity contribution is 0.0948. The Kier molecular flexibility index (Phi) is 4.15. The van der Waals surface area contributed by atoms with E-state index >= 15 is 0 Å². The fourth-order valence-corrected chi connectivity index (χ4v) is 1.89. The topological polar surface area (TPSA) is 72.2 Å². The molecule has 2 amide bonds. The Labute approximate surface area is 117 Å². The maximum atomic E-state index is 12.0. The quantitative estimate of drug-likeness (QED) is 0.890. The largest absolute Gasteiger partial charge is 0.366 e. The van der Waals surface area contributed by atoms with E-state index in [0.29, 0.717) is 17.7 Å². The van der Waals surface area contributed by atoms with E-state index < -0.39 is 5.91 Å². The van der Waals surface area contributed by atoms with Gasteiger partial charge in [-0.2, -0.15) is 0 Å². The Bertz CT molecular complexity index is 633. The molecule has 0 aliphatic carbocycles. The predicted octanol–water partition coefficient (Wildman–Crippen LogP) is 2.02. The fourth-order valence-electron chi connectivity index (χ4n) is 1.89. The summed E-state index contributed by atoms with van der Waals surface area (Å²) in [5.74, 6) is -0.681. The lowest BCUT2D eigenvalue weighted by atomic mass is 10.1. The first-order valence-corrected chi connectivity index (χ1v) is 6.30. The van der Waals surface area contributed by atoms with Crippen LogP contribution < -0.4 is 11.1 Å². The highest BCUT2D eigenvalue weighted by Gasteiger charge is 2.06. The molecule has 102 valence electrons. The van der Waals surface area contributed by atoms with Crippen LogP contribution in [0.2, 0.25) is 0 Å². The van der Waals surface area contributed by atoms with Crippen LogP contribution in [0.3, 0.4) is 0 Å². The molecule has 0 aliphatic rings. The van der Waals surface area contributed by atoms with Crippen molar-refractivity contribution in [1.29, 1.82) is 0 Å². The molecule has 2 aromatic rings. The van der Waals surface area contributed by atoms with Gasteiger partial charge in [0.15, 0.2) is 0 Å². The van der Waals surface area contributed by atoms with Crippen LogP contribution in [0.25, 0.3) is 0 Å². The average Bonchev–Trinajstić information content (AvgIpc) is 2.45. The fraction of sp³-hybridized carbons (Fsp3) is 0.125. The van der Waals surface area contributed by atoms with E-state index in [1.165, 1.54) is 0 Å². The van der Waals surface area contributed by atoms with Crippen molar-refractivity contribution in [2.75, 3.05) is 0 Å². The molecule has 0 bridgehead atoms. The molecular formula is C16H16N2O2. The van der Waals surface area contributed by atoms with Crippen molar-refractivity contribution < 1.29 is 9.59 Å². The number of aryl methyl sites for hydroxylation is 1. The molecule has 0 spiro atoms. The Morgan fingerprint density at radius 1 is 1.05 bits per heavy atom. The molecule has 0 saturated heterocycles. The van der Waals surface area contributed by atoms with Crippen molar-refractivity contribution in [3.63, 3.8) is 0 Å². The maximum Gasteiger partial charge on any atom is 0.251 e. The summed E-state index contributed by atoms with van der Waals surface area (Å²) < 4.78 is 0. The minimum absolute atomic E-state index is 0.178. The van der Waals surface area contributed by atoms with Crippen LogP contribution in [-0.2, 0) is 6.54 Å². The summed E-state index contributed by atoms with van der Waals surface area (Å²) in [6, 6.07) is 14.2. The first kappa shape index (κ1) is 13.8. The molecule has 2 rings (SSSR count). The minimum atomic E-state index is -0.503. The minimum Gasteiger partial charge on any atom is -0.366 e. The highest BCUT2D eigenvalue weighted by atomic mass is 16.2. The smallest absolute Gasteiger partial charge is 0.251 e. The molecule has 0 radical (unpaired) electrons. The third kappa shape index (κ3) is 3.45. The third-order valence-electron chi connectivity index (χ3n) is 2.97. The monoisotopic (exact) mass is 268 g/mol. The van der Waals surface area contributed by atoms with Gasteiger partial charge in [-0.25, -0.2) is 0 Å². The number of carbonyl (C=O) groups is 2. The van der Waals surface area contributed by atoms with Crippen LogP contribution in [0.4, 0.5) is 0 Å². The molecule has 0 heterocycles. The van der Waals surface area contributed by atoms with Gasteiger partial charge in [0, 0.05) is 17.7 Å². The van der Waals surface area contributed by atoms with Crippen LogP contribution in [-0.4, -0.2) is 11.8 Å². The molecule has 20 heavy (non-hydrogen) atoms. The van der Waals surface area contributed by atoms with Crippen molar-refractivity contribution >= 4 is 11.8 Å². The van der Waals surface area contributed by atoms with Gasteiger partial charge >= 0.3 is 0 Å². The van der Waals surface area contributed by atoms with Gasteiger partial charge in [0.05, 0.1) is 0 Å². The molecular weight excluding hydrogens is 252 g/mol. The summed E-state index contributed by atoms with van der Waals surface area (Å²) in [6.45, 7) is 2.48. The number of primary amides is 1. The van der Waals surface area contributed by atoms with Gasteiger partial charge in [0.25, 0.3) is 5.91 Å². The van der Waals surface area contributed by atoms with E-state index in [1.54, 1.807) is 24.3 Å². The SMILES string of the molecule is Cc1cccc(CNC(=O)c2ccc(C(N)=O)cc2)c1. The van der Waals surface area contributed by atoms with Crippen LogP contribution in [0.1, 0.15) is 31.8 Å². The Morgan fingerprint density at radius 2 is 1.70 bits per heavy atom. The van der Waals surface area contributed by atoms with Gasteiger partial charge in [-0.15, -0.1) is 0 Å². The van der Waals surface area contributed by atoms with Crippen molar-refractivity contribution in [3.05, 3.63) is 70.8 Å². The number of carbonyl (C=O) groups excluding carboxylic acids is 2. The number of rotatable bonds is 4. The standard InChI is InChI=1S/C16H16N2O2/c1-11-3-2-4-12(9-11)10-18-16(20)14-7-5-13(6-8-14)15(17)19/h2-9H,10H2,1H3,(H2,17,19)(H,18,20). The summed E-state index contributed by atoms with van der Waals surface area (Å²) >= 11 is 0. The van der Waals surface area contributed by atoms with Gasteiger partial charge < -0.3 is 11.1 Å². The Hall–Kier alpha value is -2.62. The number of hydrogen-bond acceptors (Lipinski definition) is 2. The maximum absolute atomic E-state index is 12.0. The number of nitrogens with one attached hydrogen (secondary N) is 1. The molecule has 4 heteroatoms. The molecule has 2 aromatic carbocycles. The van der Waals surface area contributed by atoms with Gasteiger partial charge in [0.1, 0.15) is 0 Å². The van der Waals surface area contributed by atoms with Gasteiger partial charge in [-0.05, 0) is 36.8 Å². The number of nitrogens with two attached hydrogens (primary N) is 1. The molecule has 0 saturated carbocycles. The van der Waals surface area contributed by atoms with E-state index in [-0.39, 0.29) is 5.91 Å². The lowest BCUT2D eigenvalue weighted by Crippen LogP contribution is -2.23. The van der Waals surface area contributed by atoms with E-state index in [2.05, 4.69) is 5.32 Å². The molecule has 3 N–H and O–H groups in total. The molecule has 0 fully saturated rings. The summed E-state index contributed by atoms with van der Waals surface area (Å²) in [5, 5.41) is 2.84. The molecule has 0 unspecified atom stereocenters. The Morgan fingerprint density at radius 3 is 2.30 bits per heavy atom. The second-order valence-electron chi connectivity index (χ2n) is 4.61. The van der Waals surface area contributed by atoms with E-state index in [4.69, 9.17) is 5.73 Å². The van der Waals surface area contributed by atoms with E-state index in [1.807, 2.05) is 31.2 Å². The molecule has 4 nitrogen and oxygen atoms in total. The zero-order valence-corrected chi connectivity index (χ0v) is 11.2. The van der Waals surface area contributed by atoms with Crippen molar-refractivity contribution in [1.82, 2.24) is 5.32 Å². The van der Waals surface area contributed by atoms with Crippen molar-refractivity contribution in [2.45, 2.75) is 13.5 Å². The van der Waals surface area contributed by atoms with Crippen LogP contribution >= 0.6 is 0 Å². The average molecular weight is 268 g/mol. The first-order valence-electron chi connectivity index (χ1n) is 6.30. The molecule has 0 atom stereocenters. The first-order chi connectivity index (χ1) is 9.56. The van der Waals surface area contributed by atoms with Crippen molar-refractivity contribution in [3.8, 4) is 0 Å². The second kappa shape index (κ2) is 6.02. The normalized spacial score (nSPS) is 10.1.